The van der Waals surface area contributed by atoms with E-state index in [-0.39, 0.29) is 11.6 Å². The van der Waals surface area contributed by atoms with Crippen LogP contribution in [0, 0.1) is 0 Å². The molecule has 0 saturated carbocycles. The monoisotopic (exact) mass is 332 g/mol. The predicted molar refractivity (Wildman–Crippen MR) is 84.1 cm³/mol. The number of hydrogen-bond donors (Lipinski definition) is 1. The Labute approximate surface area is 127 Å². The Bertz CT molecular complexity index is 627. The molecule has 1 aliphatic rings. The van der Waals surface area contributed by atoms with E-state index in [1.807, 2.05) is 30.3 Å². The quantitative estimate of drug-likeness (QED) is 0.818. The molecular weight excluding hydrogens is 316 g/mol. The van der Waals surface area contributed by atoms with Gasteiger partial charge in [-0.25, -0.2) is 4.98 Å². The lowest BCUT2D eigenvalue weighted by Crippen LogP contribution is -2.37. The number of nitrogens with one attached hydrogen (secondary N) is 1. The molecule has 1 aromatic carbocycles. The Morgan fingerprint density at radius 3 is 2.85 bits per heavy atom. The summed E-state index contributed by atoms with van der Waals surface area (Å²) in [5.41, 5.74) is 2.02. The van der Waals surface area contributed by atoms with Crippen molar-refractivity contribution in [2.45, 2.75) is 31.9 Å². The Kier molecular flexibility index (Phi) is 3.42. The predicted octanol–water partition coefficient (Wildman–Crippen LogP) is 4.56. The van der Waals surface area contributed by atoms with Crippen LogP contribution in [-0.2, 0) is 0 Å². The van der Waals surface area contributed by atoms with Crippen LogP contribution in [0.15, 0.2) is 47.2 Å². The van der Waals surface area contributed by atoms with E-state index in [1.54, 1.807) is 6.20 Å². The second-order valence-corrected chi connectivity index (χ2v) is 6.39. The first-order chi connectivity index (χ1) is 9.55. The lowest BCUT2D eigenvalue weighted by Gasteiger charge is -2.38. The highest BCUT2D eigenvalue weighted by atomic mass is 79.9. The lowest BCUT2D eigenvalue weighted by molar-refractivity contribution is 0.0759. The highest BCUT2D eigenvalue weighted by Gasteiger charge is 2.33. The molecule has 0 radical (unpaired) electrons. The Hall–Kier alpha value is -1.55. The second-order valence-electron chi connectivity index (χ2n) is 5.64. The summed E-state index contributed by atoms with van der Waals surface area (Å²) in [5, 5.41) is 3.57. The van der Waals surface area contributed by atoms with Gasteiger partial charge in [0.05, 0.1) is 11.7 Å². The minimum absolute atomic E-state index is 0.180. The van der Waals surface area contributed by atoms with E-state index in [0.717, 1.165) is 22.5 Å². The maximum atomic E-state index is 6.05. The van der Waals surface area contributed by atoms with E-state index in [9.17, 15) is 0 Å². The van der Waals surface area contributed by atoms with E-state index in [0.29, 0.717) is 0 Å². The summed E-state index contributed by atoms with van der Waals surface area (Å²) in [6, 6.07) is 12.4. The van der Waals surface area contributed by atoms with Crippen molar-refractivity contribution in [3.05, 3.63) is 52.8 Å². The molecule has 0 bridgehead atoms. The van der Waals surface area contributed by atoms with Crippen LogP contribution in [0.4, 0.5) is 5.69 Å². The van der Waals surface area contributed by atoms with E-state index in [2.05, 4.69) is 46.1 Å². The maximum absolute atomic E-state index is 6.05. The van der Waals surface area contributed by atoms with Gasteiger partial charge in [0.2, 0.25) is 0 Å². The largest absolute Gasteiger partial charge is 0.487 e. The van der Waals surface area contributed by atoms with Gasteiger partial charge >= 0.3 is 0 Å². The number of halogens is 1. The highest BCUT2D eigenvalue weighted by Crippen LogP contribution is 2.41. The molecule has 3 nitrogen and oxygen atoms in total. The molecule has 1 N–H and O–H groups in total. The highest BCUT2D eigenvalue weighted by molar-refractivity contribution is 9.10. The smallest absolute Gasteiger partial charge is 0.129 e. The molecule has 1 aromatic heterocycles. The van der Waals surface area contributed by atoms with Crippen molar-refractivity contribution in [3.63, 3.8) is 0 Å². The molecule has 0 spiro atoms. The van der Waals surface area contributed by atoms with Gasteiger partial charge in [-0.1, -0.05) is 18.2 Å². The third kappa shape index (κ3) is 2.66. The van der Waals surface area contributed by atoms with Crippen molar-refractivity contribution in [1.29, 1.82) is 0 Å². The molecule has 1 unspecified atom stereocenters. The molecule has 2 heterocycles. The molecule has 1 atom stereocenters. The Morgan fingerprint density at radius 1 is 1.25 bits per heavy atom. The molecule has 104 valence electrons. The first kappa shape index (κ1) is 13.4. The molecule has 0 saturated heterocycles. The zero-order valence-electron chi connectivity index (χ0n) is 11.6. The van der Waals surface area contributed by atoms with Gasteiger partial charge in [0.25, 0.3) is 0 Å². The van der Waals surface area contributed by atoms with E-state index in [4.69, 9.17) is 4.74 Å². The molecule has 1 aliphatic heterocycles. The summed E-state index contributed by atoms with van der Waals surface area (Å²) in [5.74, 6) is 0.960. The molecule has 3 rings (SSSR count). The number of rotatable bonds is 2. The Balaban J connectivity index is 1.95. The zero-order valence-corrected chi connectivity index (χ0v) is 13.1. The van der Waals surface area contributed by atoms with Crippen molar-refractivity contribution in [2.75, 3.05) is 5.32 Å². The van der Waals surface area contributed by atoms with Gasteiger partial charge in [-0.2, -0.15) is 0 Å². The molecule has 20 heavy (non-hydrogen) atoms. The summed E-state index contributed by atoms with van der Waals surface area (Å²) < 4.78 is 6.89. The van der Waals surface area contributed by atoms with Gasteiger partial charge in [0.15, 0.2) is 0 Å². The number of anilines is 1. The van der Waals surface area contributed by atoms with Crippen LogP contribution in [0.2, 0.25) is 0 Å². The number of ether oxygens (including phenoxy) is 1. The van der Waals surface area contributed by atoms with Crippen LogP contribution < -0.4 is 10.1 Å². The van der Waals surface area contributed by atoms with Gasteiger partial charge in [-0.3, -0.25) is 0 Å². The summed E-state index contributed by atoms with van der Waals surface area (Å²) in [6.07, 6.45) is 2.68. The van der Waals surface area contributed by atoms with Crippen LogP contribution in [-0.4, -0.2) is 10.6 Å². The third-order valence-corrected chi connectivity index (χ3v) is 4.10. The average Bonchev–Trinajstić information content (AvgIpc) is 2.40. The van der Waals surface area contributed by atoms with Crippen molar-refractivity contribution in [2.24, 2.45) is 0 Å². The first-order valence-electron chi connectivity index (χ1n) is 6.70. The topological polar surface area (TPSA) is 34.2 Å². The van der Waals surface area contributed by atoms with E-state index in [1.165, 1.54) is 5.56 Å². The van der Waals surface area contributed by atoms with Gasteiger partial charge in [-0.05, 0) is 48.0 Å². The summed E-state index contributed by atoms with van der Waals surface area (Å²) in [4.78, 5) is 4.26. The fraction of sp³-hybridized carbons (Fsp3) is 0.312. The lowest BCUT2D eigenvalue weighted by atomic mass is 9.89. The molecule has 0 amide bonds. The SMILES string of the molecule is CC1(C)CC(Nc2cccnc2Br)c2ccccc2O1. The fourth-order valence-corrected chi connectivity index (χ4v) is 2.98. The number of benzene rings is 1. The van der Waals surface area contributed by atoms with Crippen molar-refractivity contribution in [1.82, 2.24) is 4.98 Å². The fourth-order valence-electron chi connectivity index (χ4n) is 2.61. The van der Waals surface area contributed by atoms with Gasteiger partial charge in [-0.15, -0.1) is 0 Å². The number of aromatic nitrogens is 1. The minimum Gasteiger partial charge on any atom is -0.487 e. The number of pyridine rings is 1. The van der Waals surface area contributed by atoms with Crippen LogP contribution in [0.3, 0.4) is 0 Å². The maximum Gasteiger partial charge on any atom is 0.129 e. The van der Waals surface area contributed by atoms with E-state index < -0.39 is 0 Å². The summed E-state index contributed by atoms with van der Waals surface area (Å²) >= 11 is 3.49. The summed E-state index contributed by atoms with van der Waals surface area (Å²) in [6.45, 7) is 4.24. The number of fused-ring (bicyclic) bond motifs is 1. The van der Waals surface area contributed by atoms with Gasteiger partial charge < -0.3 is 10.1 Å². The molecular formula is C16H17BrN2O. The first-order valence-corrected chi connectivity index (χ1v) is 7.49. The van der Waals surface area contributed by atoms with Crippen LogP contribution >= 0.6 is 15.9 Å². The zero-order chi connectivity index (χ0) is 14.2. The van der Waals surface area contributed by atoms with Crippen LogP contribution in [0.25, 0.3) is 0 Å². The Morgan fingerprint density at radius 2 is 2.05 bits per heavy atom. The van der Waals surface area contributed by atoms with E-state index >= 15 is 0 Å². The van der Waals surface area contributed by atoms with Crippen molar-refractivity contribution >= 4 is 21.6 Å². The molecule has 4 heteroatoms. The summed E-state index contributed by atoms with van der Waals surface area (Å²) in [7, 11) is 0. The van der Waals surface area contributed by atoms with Crippen LogP contribution in [0.1, 0.15) is 31.9 Å². The van der Waals surface area contributed by atoms with Gasteiger partial charge in [0.1, 0.15) is 16.0 Å². The average molecular weight is 333 g/mol. The number of para-hydroxylation sites is 1. The second kappa shape index (κ2) is 5.09. The number of nitrogens with zero attached hydrogens (tertiary/aromatic N) is 1. The minimum atomic E-state index is -0.180. The van der Waals surface area contributed by atoms with Gasteiger partial charge in [0, 0.05) is 18.2 Å². The number of hydrogen-bond acceptors (Lipinski definition) is 3. The standard InChI is InChI=1S/C16H17BrN2O/c1-16(2)10-13(11-6-3-4-8-14(11)20-16)19-12-7-5-9-18-15(12)17/h3-9,13,19H,10H2,1-2H3. The molecule has 0 fully saturated rings. The molecule has 2 aromatic rings. The normalized spacial score (nSPS) is 19.9. The van der Waals surface area contributed by atoms with Crippen LogP contribution in [0.5, 0.6) is 5.75 Å². The third-order valence-electron chi connectivity index (χ3n) is 3.47. The molecule has 0 aliphatic carbocycles. The van der Waals surface area contributed by atoms with Crippen molar-refractivity contribution in [3.8, 4) is 5.75 Å². The van der Waals surface area contributed by atoms with Crippen molar-refractivity contribution < 1.29 is 4.74 Å².